The lowest BCUT2D eigenvalue weighted by Crippen LogP contribution is -2.01. The van der Waals surface area contributed by atoms with E-state index in [1.807, 2.05) is 12.1 Å². The Labute approximate surface area is 89.8 Å². The lowest BCUT2D eigenvalue weighted by Gasteiger charge is -2.02. The van der Waals surface area contributed by atoms with Crippen LogP contribution in [-0.2, 0) is 16.3 Å². The van der Waals surface area contributed by atoms with Crippen molar-refractivity contribution in [3.63, 3.8) is 0 Å². The molecule has 0 aromatic heterocycles. The Morgan fingerprint density at radius 2 is 1.79 bits per heavy atom. The molecule has 0 spiro atoms. The molecule has 0 heterocycles. The fourth-order valence-electron chi connectivity index (χ4n) is 1.22. The number of sulfone groups is 1. The van der Waals surface area contributed by atoms with Gasteiger partial charge in [-0.3, -0.25) is 0 Å². The third kappa shape index (κ3) is 2.72. The minimum absolute atomic E-state index is 0.298. The van der Waals surface area contributed by atoms with Gasteiger partial charge < -0.3 is 0 Å². The first-order valence-electron chi connectivity index (χ1n) is 4.48. The maximum atomic E-state index is 11.3. The summed E-state index contributed by atoms with van der Waals surface area (Å²) in [6.45, 7) is 2.09. The Hall–Kier alpha value is -0.540. The number of benzene rings is 1. The predicted molar refractivity (Wildman–Crippen MR) is 58.3 cm³/mol. The van der Waals surface area contributed by atoms with Crippen LogP contribution >= 0.6 is 11.6 Å². The molecule has 1 aromatic rings. The Kier molecular flexibility index (Phi) is 3.96. The molecule has 1 rings (SSSR count). The van der Waals surface area contributed by atoms with Gasteiger partial charge >= 0.3 is 0 Å². The predicted octanol–water partition coefficient (Wildman–Crippen LogP) is 2.61. The van der Waals surface area contributed by atoms with Crippen molar-refractivity contribution >= 4 is 21.4 Å². The molecule has 0 amide bonds. The van der Waals surface area contributed by atoms with E-state index in [9.17, 15) is 8.42 Å². The van der Waals surface area contributed by atoms with Gasteiger partial charge in [0.1, 0.15) is 5.21 Å². The molecule has 0 unspecified atom stereocenters. The van der Waals surface area contributed by atoms with Crippen molar-refractivity contribution < 1.29 is 8.42 Å². The second-order valence-corrected chi connectivity index (χ2v) is 5.69. The Balaban J connectivity index is 2.94. The molecule has 0 saturated carbocycles. The van der Waals surface area contributed by atoms with Crippen LogP contribution in [0.1, 0.15) is 18.9 Å². The average molecular weight is 233 g/mol. The number of halogens is 1. The molecule has 2 nitrogen and oxygen atoms in total. The highest BCUT2D eigenvalue weighted by Crippen LogP contribution is 2.14. The number of aryl methyl sites for hydroxylation is 1. The summed E-state index contributed by atoms with van der Waals surface area (Å²) in [5, 5.41) is -0.361. The summed E-state index contributed by atoms with van der Waals surface area (Å²) in [6, 6.07) is 6.90. The van der Waals surface area contributed by atoms with Crippen molar-refractivity contribution in [2.24, 2.45) is 0 Å². The van der Waals surface area contributed by atoms with E-state index in [0.29, 0.717) is 4.90 Å². The number of hydrogen-bond acceptors (Lipinski definition) is 2. The zero-order chi connectivity index (χ0) is 10.6. The highest BCUT2D eigenvalue weighted by Gasteiger charge is 2.11. The summed E-state index contributed by atoms with van der Waals surface area (Å²) in [5.41, 5.74) is 1.15. The summed E-state index contributed by atoms with van der Waals surface area (Å²) in [4.78, 5) is 0.298. The van der Waals surface area contributed by atoms with Crippen LogP contribution in [0.15, 0.2) is 29.2 Å². The first kappa shape index (κ1) is 11.5. The van der Waals surface area contributed by atoms with Crippen LogP contribution in [-0.4, -0.2) is 13.6 Å². The second-order valence-electron chi connectivity index (χ2n) is 3.12. The SMILES string of the molecule is CCCc1ccc(S(=O)(=O)CCl)cc1. The quantitative estimate of drug-likeness (QED) is 0.748. The van der Waals surface area contributed by atoms with E-state index in [2.05, 4.69) is 6.92 Å². The largest absolute Gasteiger partial charge is 0.222 e. The maximum Gasteiger partial charge on any atom is 0.192 e. The zero-order valence-corrected chi connectivity index (χ0v) is 9.61. The van der Waals surface area contributed by atoms with Crippen molar-refractivity contribution in [3.8, 4) is 0 Å². The van der Waals surface area contributed by atoms with Crippen molar-refractivity contribution in [3.05, 3.63) is 29.8 Å². The van der Waals surface area contributed by atoms with Gasteiger partial charge in [-0.25, -0.2) is 8.42 Å². The standard InChI is InChI=1S/C10H13ClO2S/c1-2-3-9-4-6-10(7-5-9)14(12,13)8-11/h4-7H,2-3,8H2,1H3. The second kappa shape index (κ2) is 4.80. The molecule has 4 heteroatoms. The molecule has 0 bridgehead atoms. The molecule has 14 heavy (non-hydrogen) atoms. The lowest BCUT2D eigenvalue weighted by molar-refractivity contribution is 0.600. The van der Waals surface area contributed by atoms with Crippen LogP contribution in [0.5, 0.6) is 0 Å². The average Bonchev–Trinajstić information content (AvgIpc) is 2.19. The van der Waals surface area contributed by atoms with Crippen LogP contribution in [0.3, 0.4) is 0 Å². The van der Waals surface area contributed by atoms with Gasteiger partial charge in [-0.2, -0.15) is 0 Å². The van der Waals surface area contributed by atoms with Crippen molar-refractivity contribution in [1.82, 2.24) is 0 Å². The first-order valence-corrected chi connectivity index (χ1v) is 6.66. The van der Waals surface area contributed by atoms with Crippen LogP contribution in [0.2, 0.25) is 0 Å². The van der Waals surface area contributed by atoms with Gasteiger partial charge in [0, 0.05) is 0 Å². The van der Waals surface area contributed by atoms with E-state index in [1.165, 1.54) is 0 Å². The van der Waals surface area contributed by atoms with Crippen molar-refractivity contribution in [2.45, 2.75) is 24.7 Å². The van der Waals surface area contributed by atoms with Gasteiger partial charge in [0.15, 0.2) is 9.84 Å². The summed E-state index contributed by atoms with van der Waals surface area (Å²) < 4.78 is 22.7. The highest BCUT2D eigenvalue weighted by molar-refractivity contribution is 7.92. The molecule has 0 aliphatic rings. The van der Waals surface area contributed by atoms with E-state index >= 15 is 0 Å². The van der Waals surface area contributed by atoms with E-state index in [0.717, 1.165) is 18.4 Å². The molecular formula is C10H13ClO2S. The molecular weight excluding hydrogens is 220 g/mol. The van der Waals surface area contributed by atoms with Crippen LogP contribution in [0, 0.1) is 0 Å². The Bertz CT molecular complexity index is 381. The minimum Gasteiger partial charge on any atom is -0.222 e. The molecule has 0 atom stereocenters. The highest BCUT2D eigenvalue weighted by atomic mass is 35.5. The van der Waals surface area contributed by atoms with E-state index in [4.69, 9.17) is 11.6 Å². The maximum absolute atomic E-state index is 11.3. The topological polar surface area (TPSA) is 34.1 Å². The molecule has 0 fully saturated rings. The minimum atomic E-state index is -3.26. The smallest absolute Gasteiger partial charge is 0.192 e. The normalized spacial score (nSPS) is 11.6. The molecule has 1 aromatic carbocycles. The van der Waals surface area contributed by atoms with E-state index in [1.54, 1.807) is 12.1 Å². The van der Waals surface area contributed by atoms with Gasteiger partial charge in [-0.1, -0.05) is 25.5 Å². The first-order chi connectivity index (χ1) is 6.60. The molecule has 78 valence electrons. The van der Waals surface area contributed by atoms with Crippen LogP contribution in [0.4, 0.5) is 0 Å². The molecule has 0 saturated heterocycles. The van der Waals surface area contributed by atoms with Gasteiger partial charge in [-0.15, -0.1) is 11.6 Å². The molecule has 0 radical (unpaired) electrons. The fourth-order valence-corrected chi connectivity index (χ4v) is 2.27. The molecule has 0 N–H and O–H groups in total. The number of rotatable bonds is 4. The Morgan fingerprint density at radius 3 is 2.21 bits per heavy atom. The number of hydrogen-bond donors (Lipinski definition) is 0. The summed E-state index contributed by atoms with van der Waals surface area (Å²) in [6.07, 6.45) is 2.03. The third-order valence-corrected chi connectivity index (χ3v) is 4.10. The van der Waals surface area contributed by atoms with Crippen molar-refractivity contribution in [2.75, 3.05) is 5.21 Å². The molecule has 0 aliphatic heterocycles. The fraction of sp³-hybridized carbons (Fsp3) is 0.400. The van der Waals surface area contributed by atoms with Gasteiger partial charge in [0.2, 0.25) is 0 Å². The lowest BCUT2D eigenvalue weighted by atomic mass is 10.1. The van der Waals surface area contributed by atoms with Gasteiger partial charge in [0.25, 0.3) is 0 Å². The summed E-state index contributed by atoms with van der Waals surface area (Å²) >= 11 is 5.34. The monoisotopic (exact) mass is 232 g/mol. The zero-order valence-electron chi connectivity index (χ0n) is 8.03. The van der Waals surface area contributed by atoms with Gasteiger partial charge in [0.05, 0.1) is 4.90 Å². The summed E-state index contributed by atoms with van der Waals surface area (Å²) in [7, 11) is -3.26. The van der Waals surface area contributed by atoms with E-state index in [-0.39, 0.29) is 5.21 Å². The molecule has 0 aliphatic carbocycles. The van der Waals surface area contributed by atoms with Gasteiger partial charge in [-0.05, 0) is 24.1 Å². The third-order valence-electron chi connectivity index (χ3n) is 1.96. The van der Waals surface area contributed by atoms with Crippen LogP contribution in [0.25, 0.3) is 0 Å². The van der Waals surface area contributed by atoms with Crippen LogP contribution < -0.4 is 0 Å². The van der Waals surface area contributed by atoms with E-state index < -0.39 is 9.84 Å². The van der Waals surface area contributed by atoms with Crippen molar-refractivity contribution in [1.29, 1.82) is 0 Å². The Morgan fingerprint density at radius 1 is 1.21 bits per heavy atom. The number of alkyl halides is 1. The summed E-state index contributed by atoms with van der Waals surface area (Å²) in [5.74, 6) is 0.